The minimum atomic E-state index is -0.577. The van der Waals surface area contributed by atoms with Crippen molar-refractivity contribution in [3.05, 3.63) is 66.0 Å². The predicted octanol–water partition coefficient (Wildman–Crippen LogP) is 1.56. The molecule has 2 amide bonds. The van der Waals surface area contributed by atoms with Crippen LogP contribution in [0.2, 0.25) is 0 Å². The fraction of sp³-hybridized carbons (Fsp3) is 0.211. The molecule has 1 fully saturated rings. The first-order valence-electron chi connectivity index (χ1n) is 8.34. The topological polar surface area (TPSA) is 85.8 Å². The molecular weight excluding hydrogens is 332 g/mol. The molecule has 2 heterocycles. The summed E-state index contributed by atoms with van der Waals surface area (Å²) in [6.45, 7) is 2.62. The summed E-state index contributed by atoms with van der Waals surface area (Å²) in [5.74, 6) is -0.586. The van der Waals surface area contributed by atoms with Crippen LogP contribution in [0, 0.1) is 0 Å². The van der Waals surface area contributed by atoms with Crippen LogP contribution in [0.5, 0.6) is 0 Å². The van der Waals surface area contributed by atoms with Gasteiger partial charge in [0.25, 0.3) is 11.8 Å². The zero-order chi connectivity index (χ0) is 18.4. The van der Waals surface area contributed by atoms with Crippen LogP contribution >= 0.6 is 0 Å². The monoisotopic (exact) mass is 352 g/mol. The Morgan fingerprint density at radius 3 is 2.54 bits per heavy atom. The second-order valence-corrected chi connectivity index (χ2v) is 5.89. The molecule has 134 valence electrons. The summed E-state index contributed by atoms with van der Waals surface area (Å²) in [4.78, 5) is 31.7. The molecule has 3 rings (SSSR count). The lowest BCUT2D eigenvalue weighted by Gasteiger charge is -2.36. The third kappa shape index (κ3) is 4.07. The first kappa shape index (κ1) is 17.6. The van der Waals surface area contributed by atoms with Crippen LogP contribution in [0.25, 0.3) is 6.08 Å². The van der Waals surface area contributed by atoms with Gasteiger partial charge in [-0.05, 0) is 29.8 Å². The molecule has 0 spiro atoms. The van der Waals surface area contributed by atoms with Crippen molar-refractivity contribution < 1.29 is 14.8 Å². The molecule has 1 aliphatic rings. The lowest BCUT2D eigenvalue weighted by Crippen LogP contribution is -2.49. The normalized spacial score (nSPS) is 14.5. The van der Waals surface area contributed by atoms with Crippen LogP contribution < -0.4 is 10.4 Å². The summed E-state index contributed by atoms with van der Waals surface area (Å²) < 4.78 is 0. The summed E-state index contributed by atoms with van der Waals surface area (Å²) in [7, 11) is 0. The summed E-state index contributed by atoms with van der Waals surface area (Å²) in [6.07, 6.45) is 6.17. The van der Waals surface area contributed by atoms with Crippen LogP contribution in [0.3, 0.4) is 0 Å². The highest BCUT2D eigenvalue weighted by atomic mass is 16.5. The number of nitrogens with zero attached hydrogens (tertiary/aromatic N) is 3. The Morgan fingerprint density at radius 2 is 1.85 bits per heavy atom. The lowest BCUT2D eigenvalue weighted by molar-refractivity contribution is -0.124. The fourth-order valence-corrected chi connectivity index (χ4v) is 2.94. The van der Waals surface area contributed by atoms with E-state index in [1.165, 1.54) is 6.08 Å². The van der Waals surface area contributed by atoms with Crippen LogP contribution in [-0.2, 0) is 4.79 Å². The van der Waals surface area contributed by atoms with Gasteiger partial charge in [0.05, 0.1) is 5.56 Å². The number of hydroxylamine groups is 1. The molecule has 1 aliphatic heterocycles. The molecule has 0 atom stereocenters. The second-order valence-electron chi connectivity index (χ2n) is 5.89. The molecule has 26 heavy (non-hydrogen) atoms. The van der Waals surface area contributed by atoms with Gasteiger partial charge >= 0.3 is 0 Å². The second kappa shape index (κ2) is 8.26. The van der Waals surface area contributed by atoms with Gasteiger partial charge in [0.15, 0.2) is 0 Å². The van der Waals surface area contributed by atoms with E-state index in [4.69, 9.17) is 5.21 Å². The SMILES string of the molecule is O=C(/C=C/c1ccccc1N1CCN(C(=O)c2cccnc2)CC1)NO. The van der Waals surface area contributed by atoms with E-state index in [2.05, 4.69) is 9.88 Å². The Kier molecular flexibility index (Phi) is 5.60. The number of hydrogen-bond donors (Lipinski definition) is 2. The van der Waals surface area contributed by atoms with E-state index in [0.717, 1.165) is 11.3 Å². The van der Waals surface area contributed by atoms with Gasteiger partial charge in [-0.1, -0.05) is 18.2 Å². The third-order valence-corrected chi connectivity index (χ3v) is 4.28. The largest absolute Gasteiger partial charge is 0.367 e. The van der Waals surface area contributed by atoms with Crippen molar-refractivity contribution in [3.8, 4) is 0 Å². The maximum absolute atomic E-state index is 12.5. The Morgan fingerprint density at radius 1 is 1.08 bits per heavy atom. The van der Waals surface area contributed by atoms with Crippen molar-refractivity contribution in [3.63, 3.8) is 0 Å². The van der Waals surface area contributed by atoms with Gasteiger partial charge in [-0.3, -0.25) is 19.8 Å². The van der Waals surface area contributed by atoms with E-state index >= 15 is 0 Å². The van der Waals surface area contributed by atoms with Crippen LogP contribution in [0.4, 0.5) is 5.69 Å². The van der Waals surface area contributed by atoms with Gasteiger partial charge in [0.1, 0.15) is 0 Å². The number of benzene rings is 1. The van der Waals surface area contributed by atoms with Crippen molar-refractivity contribution >= 4 is 23.6 Å². The van der Waals surface area contributed by atoms with Gasteiger partial charge < -0.3 is 9.80 Å². The third-order valence-electron chi connectivity index (χ3n) is 4.28. The van der Waals surface area contributed by atoms with Crippen LogP contribution in [-0.4, -0.2) is 53.1 Å². The maximum atomic E-state index is 12.5. The zero-order valence-electron chi connectivity index (χ0n) is 14.2. The number of hydrogen-bond acceptors (Lipinski definition) is 5. The lowest BCUT2D eigenvalue weighted by atomic mass is 10.1. The molecule has 7 heteroatoms. The number of aromatic nitrogens is 1. The Labute approximate surface area is 151 Å². The van der Waals surface area contributed by atoms with Crippen molar-refractivity contribution in [1.29, 1.82) is 0 Å². The molecule has 0 saturated carbocycles. The summed E-state index contributed by atoms with van der Waals surface area (Å²) in [5.41, 5.74) is 4.04. The van der Waals surface area contributed by atoms with Gasteiger partial charge in [0, 0.05) is 50.3 Å². The molecule has 2 aromatic rings. The van der Waals surface area contributed by atoms with Crippen molar-refractivity contribution in [2.24, 2.45) is 0 Å². The van der Waals surface area contributed by atoms with Crippen LogP contribution in [0.1, 0.15) is 15.9 Å². The highest BCUT2D eigenvalue weighted by Gasteiger charge is 2.23. The highest BCUT2D eigenvalue weighted by Crippen LogP contribution is 2.23. The summed E-state index contributed by atoms with van der Waals surface area (Å²) in [6, 6.07) is 11.2. The maximum Gasteiger partial charge on any atom is 0.267 e. The number of nitrogens with one attached hydrogen (secondary N) is 1. The van der Waals surface area contributed by atoms with E-state index in [9.17, 15) is 9.59 Å². The minimum Gasteiger partial charge on any atom is -0.367 e. The number of carbonyl (C=O) groups excluding carboxylic acids is 2. The fourth-order valence-electron chi connectivity index (χ4n) is 2.94. The number of piperazine rings is 1. The van der Waals surface area contributed by atoms with Crippen LogP contribution in [0.15, 0.2) is 54.9 Å². The molecule has 2 N–H and O–H groups in total. The number of rotatable bonds is 4. The van der Waals surface area contributed by atoms with Gasteiger partial charge in [-0.25, -0.2) is 5.48 Å². The van der Waals surface area contributed by atoms with Gasteiger partial charge in [0.2, 0.25) is 0 Å². The molecule has 7 nitrogen and oxygen atoms in total. The molecule has 1 aromatic carbocycles. The minimum absolute atomic E-state index is 0.00875. The molecule has 1 saturated heterocycles. The number of carbonyl (C=O) groups is 2. The number of pyridine rings is 1. The summed E-state index contributed by atoms with van der Waals surface area (Å²) in [5, 5.41) is 8.60. The van der Waals surface area contributed by atoms with Crippen molar-refractivity contribution in [2.45, 2.75) is 0 Å². The quantitative estimate of drug-likeness (QED) is 0.495. The standard InChI is InChI=1S/C19H20N4O3/c24-18(21-26)8-7-15-4-1-2-6-17(15)22-10-12-23(13-11-22)19(25)16-5-3-9-20-14-16/h1-9,14,26H,10-13H2,(H,21,24)/b8-7+. The molecule has 0 unspecified atom stereocenters. The first-order valence-corrected chi connectivity index (χ1v) is 8.34. The van der Waals surface area contributed by atoms with E-state index < -0.39 is 5.91 Å². The van der Waals surface area contributed by atoms with Gasteiger partial charge in [-0.15, -0.1) is 0 Å². The smallest absolute Gasteiger partial charge is 0.267 e. The van der Waals surface area contributed by atoms with E-state index in [1.807, 2.05) is 29.2 Å². The molecule has 0 bridgehead atoms. The van der Waals surface area contributed by atoms with Crippen molar-refractivity contribution in [1.82, 2.24) is 15.4 Å². The Balaban J connectivity index is 1.68. The van der Waals surface area contributed by atoms with Crippen molar-refractivity contribution in [2.75, 3.05) is 31.1 Å². The summed E-state index contributed by atoms with van der Waals surface area (Å²) >= 11 is 0. The first-order chi connectivity index (χ1) is 12.7. The van der Waals surface area contributed by atoms with E-state index in [0.29, 0.717) is 31.7 Å². The Hall–Kier alpha value is -3.19. The molecular formula is C19H20N4O3. The number of amides is 2. The average Bonchev–Trinajstić information content (AvgIpc) is 2.72. The zero-order valence-corrected chi connectivity index (χ0v) is 14.2. The predicted molar refractivity (Wildman–Crippen MR) is 97.8 cm³/mol. The van der Waals surface area contributed by atoms with Gasteiger partial charge in [-0.2, -0.15) is 0 Å². The van der Waals surface area contributed by atoms with E-state index in [1.54, 1.807) is 36.1 Å². The molecule has 0 radical (unpaired) electrons. The molecule has 1 aromatic heterocycles. The van der Waals surface area contributed by atoms with E-state index in [-0.39, 0.29) is 5.91 Å². The Bertz CT molecular complexity index is 799. The number of para-hydroxylation sites is 1. The molecule has 0 aliphatic carbocycles. The highest BCUT2D eigenvalue weighted by molar-refractivity contribution is 5.94. The average molecular weight is 352 g/mol. The number of anilines is 1.